The van der Waals surface area contributed by atoms with Crippen molar-refractivity contribution in [2.75, 3.05) is 5.32 Å². The molecule has 0 atom stereocenters. The molecular weight excluding hydrogens is 427 g/mol. The molecule has 0 saturated heterocycles. The number of fused-ring (bicyclic) bond motifs is 1. The molecule has 31 heavy (non-hydrogen) atoms. The number of anilines is 1. The third-order valence-corrected chi connectivity index (χ3v) is 6.93. The van der Waals surface area contributed by atoms with Crippen molar-refractivity contribution in [2.24, 2.45) is 0 Å². The van der Waals surface area contributed by atoms with Crippen LogP contribution in [0.25, 0.3) is 0 Å². The van der Waals surface area contributed by atoms with Crippen LogP contribution >= 0.6 is 11.3 Å². The standard InChI is InChI=1S/C22H24F3N3O2S/c1-21(2)9-12-15(19(30)26-11-5-6-11)20(31-17(12)22(3,4)28-21)27-18(29)10-7-13(23)16(25)14(24)8-10/h7-8,11,28H,5-6,9H2,1-4H3,(H,26,30)(H,27,29). The van der Waals surface area contributed by atoms with E-state index in [9.17, 15) is 22.8 Å². The van der Waals surface area contributed by atoms with E-state index < -0.39 is 28.9 Å². The van der Waals surface area contributed by atoms with E-state index in [0.29, 0.717) is 29.1 Å². The van der Waals surface area contributed by atoms with Gasteiger partial charge in [0.15, 0.2) is 17.5 Å². The smallest absolute Gasteiger partial charge is 0.256 e. The molecule has 0 radical (unpaired) electrons. The number of halogens is 3. The molecule has 3 N–H and O–H groups in total. The van der Waals surface area contributed by atoms with E-state index in [2.05, 4.69) is 16.0 Å². The van der Waals surface area contributed by atoms with Crippen LogP contribution in [0.3, 0.4) is 0 Å². The Bertz CT molecular complexity index is 1070. The van der Waals surface area contributed by atoms with Crippen LogP contribution in [0.2, 0.25) is 0 Å². The molecule has 0 unspecified atom stereocenters. The second-order valence-corrected chi connectivity index (χ2v) is 10.4. The lowest BCUT2D eigenvalue weighted by Gasteiger charge is -2.42. The molecule has 1 aliphatic carbocycles. The molecule has 2 amide bonds. The molecule has 1 aromatic carbocycles. The first-order valence-corrected chi connectivity index (χ1v) is 10.9. The minimum absolute atomic E-state index is 0.120. The number of hydrogen-bond donors (Lipinski definition) is 3. The zero-order valence-electron chi connectivity index (χ0n) is 17.7. The summed E-state index contributed by atoms with van der Waals surface area (Å²) in [6.45, 7) is 8.09. The Hall–Kier alpha value is -2.39. The minimum atomic E-state index is -1.64. The van der Waals surface area contributed by atoms with Gasteiger partial charge in [0.25, 0.3) is 11.8 Å². The van der Waals surface area contributed by atoms with E-state index in [4.69, 9.17) is 0 Å². The number of hydrogen-bond acceptors (Lipinski definition) is 4. The highest BCUT2D eigenvalue weighted by Gasteiger charge is 2.42. The van der Waals surface area contributed by atoms with Gasteiger partial charge in [0.05, 0.1) is 5.56 Å². The molecule has 4 rings (SSSR count). The third-order valence-electron chi connectivity index (χ3n) is 5.46. The highest BCUT2D eigenvalue weighted by Crippen LogP contribution is 2.45. The van der Waals surface area contributed by atoms with E-state index in [0.717, 1.165) is 23.3 Å². The van der Waals surface area contributed by atoms with Gasteiger partial charge >= 0.3 is 0 Å². The van der Waals surface area contributed by atoms with Crippen LogP contribution in [0.4, 0.5) is 18.2 Å². The molecule has 9 heteroatoms. The second kappa shape index (κ2) is 7.34. The van der Waals surface area contributed by atoms with Crippen molar-refractivity contribution >= 4 is 28.2 Å². The number of rotatable bonds is 4. The van der Waals surface area contributed by atoms with Crippen LogP contribution in [-0.2, 0) is 12.0 Å². The molecule has 1 saturated carbocycles. The van der Waals surface area contributed by atoms with Gasteiger partial charge in [-0.05, 0) is 64.7 Å². The fourth-order valence-corrected chi connectivity index (χ4v) is 5.47. The van der Waals surface area contributed by atoms with Gasteiger partial charge in [0.2, 0.25) is 0 Å². The normalized spacial score (nSPS) is 18.9. The Labute approximate surface area is 182 Å². The second-order valence-electron chi connectivity index (χ2n) is 9.38. The summed E-state index contributed by atoms with van der Waals surface area (Å²) in [4.78, 5) is 26.7. The average molecular weight is 452 g/mol. The molecule has 0 spiro atoms. The van der Waals surface area contributed by atoms with E-state index in [1.165, 1.54) is 11.3 Å². The van der Waals surface area contributed by atoms with Gasteiger partial charge in [-0.25, -0.2) is 13.2 Å². The Balaban J connectivity index is 1.76. The molecule has 2 aliphatic rings. The van der Waals surface area contributed by atoms with Crippen molar-refractivity contribution < 1.29 is 22.8 Å². The Morgan fingerprint density at radius 1 is 1.06 bits per heavy atom. The first kappa shape index (κ1) is 21.8. The van der Waals surface area contributed by atoms with Gasteiger partial charge in [0.1, 0.15) is 5.00 Å². The van der Waals surface area contributed by atoms with Crippen molar-refractivity contribution in [3.8, 4) is 0 Å². The van der Waals surface area contributed by atoms with E-state index in [1.807, 2.05) is 27.7 Å². The largest absolute Gasteiger partial charge is 0.349 e. The lowest BCUT2D eigenvalue weighted by molar-refractivity contribution is 0.0950. The summed E-state index contributed by atoms with van der Waals surface area (Å²) in [5.41, 5.74) is 0.132. The molecule has 2 heterocycles. The molecule has 1 fully saturated rings. The van der Waals surface area contributed by atoms with Crippen molar-refractivity contribution in [1.29, 1.82) is 0 Å². The maximum Gasteiger partial charge on any atom is 0.256 e. The van der Waals surface area contributed by atoms with Crippen molar-refractivity contribution in [3.63, 3.8) is 0 Å². The zero-order chi connectivity index (χ0) is 22.7. The topological polar surface area (TPSA) is 70.2 Å². The molecule has 2 aromatic rings. The molecule has 5 nitrogen and oxygen atoms in total. The number of nitrogens with one attached hydrogen (secondary N) is 3. The fraction of sp³-hybridized carbons (Fsp3) is 0.455. The first-order chi connectivity index (χ1) is 14.4. The SMILES string of the molecule is CC1(C)Cc2c(sc(NC(=O)c3cc(F)c(F)c(F)c3)c2C(=O)NC2CC2)C(C)(C)N1. The predicted octanol–water partition coefficient (Wildman–Crippen LogP) is 4.47. The Morgan fingerprint density at radius 3 is 2.26 bits per heavy atom. The Morgan fingerprint density at radius 2 is 1.68 bits per heavy atom. The monoisotopic (exact) mass is 451 g/mol. The predicted molar refractivity (Wildman–Crippen MR) is 113 cm³/mol. The van der Waals surface area contributed by atoms with Gasteiger partial charge in [-0.2, -0.15) is 0 Å². The number of carbonyl (C=O) groups excluding carboxylic acids is 2. The van der Waals surface area contributed by atoms with Gasteiger partial charge in [-0.3, -0.25) is 9.59 Å². The van der Waals surface area contributed by atoms with Crippen LogP contribution in [0, 0.1) is 17.5 Å². The summed E-state index contributed by atoms with van der Waals surface area (Å²) in [7, 11) is 0. The highest BCUT2D eigenvalue weighted by atomic mass is 32.1. The zero-order valence-corrected chi connectivity index (χ0v) is 18.5. The lowest BCUT2D eigenvalue weighted by atomic mass is 9.81. The number of benzene rings is 1. The number of carbonyl (C=O) groups is 2. The molecular formula is C22H24F3N3O2S. The van der Waals surface area contributed by atoms with Crippen LogP contribution in [0.1, 0.15) is 71.7 Å². The van der Waals surface area contributed by atoms with Crippen LogP contribution in [0.5, 0.6) is 0 Å². The highest BCUT2D eigenvalue weighted by molar-refractivity contribution is 7.17. The summed E-state index contributed by atoms with van der Waals surface area (Å²) in [6.07, 6.45) is 2.39. The lowest BCUT2D eigenvalue weighted by Crippen LogP contribution is -2.55. The summed E-state index contributed by atoms with van der Waals surface area (Å²) in [5, 5.41) is 9.46. The average Bonchev–Trinajstić information content (AvgIpc) is 3.37. The third kappa shape index (κ3) is 4.21. The minimum Gasteiger partial charge on any atom is -0.349 e. The summed E-state index contributed by atoms with van der Waals surface area (Å²) in [5.74, 6) is -5.63. The van der Waals surface area contributed by atoms with Crippen molar-refractivity contribution in [2.45, 2.75) is 64.1 Å². The van der Waals surface area contributed by atoms with Gasteiger partial charge < -0.3 is 16.0 Å². The molecule has 0 bridgehead atoms. The van der Waals surface area contributed by atoms with E-state index in [-0.39, 0.29) is 23.1 Å². The summed E-state index contributed by atoms with van der Waals surface area (Å²) in [6, 6.07) is 1.40. The number of amides is 2. The fourth-order valence-electron chi connectivity index (χ4n) is 4.20. The maximum absolute atomic E-state index is 13.6. The molecule has 1 aromatic heterocycles. The summed E-state index contributed by atoms with van der Waals surface area (Å²) < 4.78 is 40.5. The maximum atomic E-state index is 13.6. The van der Waals surface area contributed by atoms with Crippen LogP contribution in [0.15, 0.2) is 12.1 Å². The number of thiophene rings is 1. The van der Waals surface area contributed by atoms with Crippen molar-refractivity contribution in [3.05, 3.63) is 51.2 Å². The summed E-state index contributed by atoms with van der Waals surface area (Å²) >= 11 is 1.26. The van der Waals surface area contributed by atoms with Crippen molar-refractivity contribution in [1.82, 2.24) is 10.6 Å². The first-order valence-electron chi connectivity index (χ1n) is 10.1. The van der Waals surface area contributed by atoms with Gasteiger partial charge in [-0.1, -0.05) is 0 Å². The van der Waals surface area contributed by atoms with E-state index >= 15 is 0 Å². The van der Waals surface area contributed by atoms with E-state index in [1.54, 1.807) is 0 Å². The van der Waals surface area contributed by atoms with Gasteiger partial charge in [0, 0.05) is 27.6 Å². The Kier molecular flexibility index (Phi) is 5.17. The molecule has 166 valence electrons. The molecule has 1 aliphatic heterocycles. The van der Waals surface area contributed by atoms with Crippen LogP contribution in [-0.4, -0.2) is 23.4 Å². The quantitative estimate of drug-likeness (QED) is 0.601. The van der Waals surface area contributed by atoms with Crippen LogP contribution < -0.4 is 16.0 Å². The van der Waals surface area contributed by atoms with Gasteiger partial charge in [-0.15, -0.1) is 11.3 Å².